The van der Waals surface area contributed by atoms with E-state index in [4.69, 9.17) is 0 Å². The molecule has 0 atom stereocenters. The van der Waals surface area contributed by atoms with Gasteiger partial charge >= 0.3 is 0 Å². The molecule has 0 saturated heterocycles. The van der Waals surface area contributed by atoms with Gasteiger partial charge in [-0.05, 0) is 67.8 Å². The Balaban J connectivity index is 1.50. The third-order valence-electron chi connectivity index (χ3n) is 8.50. The standard InChI is InChI=1S/C36H21F4NSi/c37-22-16-17-30(29(40)21-22)41(25-19-23(38)18-24(39)20-25)31-11-7-15-35-36(31)28-10-3-6-14-34(28)42(35)32-12-4-1-8-26(32)27-9-2-5-13-33(27)42/h1-21H. The summed E-state index contributed by atoms with van der Waals surface area (Å²) >= 11 is 0. The molecule has 0 fully saturated rings. The number of nitrogens with zero attached hydrogens (tertiary/aromatic N) is 1. The molecule has 6 aromatic carbocycles. The molecule has 0 aliphatic carbocycles. The zero-order chi connectivity index (χ0) is 28.6. The Kier molecular flexibility index (Phi) is 5.34. The summed E-state index contributed by atoms with van der Waals surface area (Å²) in [6, 6.07) is 37.5. The van der Waals surface area contributed by atoms with Crippen molar-refractivity contribution in [2.45, 2.75) is 0 Å². The Hall–Kier alpha value is -4.94. The smallest absolute Gasteiger partial charge is 0.182 e. The molecule has 1 nitrogen and oxygen atoms in total. The van der Waals surface area contributed by atoms with Crippen molar-refractivity contribution >= 4 is 45.9 Å². The van der Waals surface area contributed by atoms with Gasteiger partial charge in [-0.1, -0.05) is 84.9 Å². The minimum absolute atomic E-state index is 0.0119. The van der Waals surface area contributed by atoms with Gasteiger partial charge < -0.3 is 4.90 Å². The normalized spacial score (nSPS) is 13.4. The second-order valence-corrected chi connectivity index (χ2v) is 14.3. The monoisotopic (exact) mass is 571 g/mol. The van der Waals surface area contributed by atoms with Gasteiger partial charge in [0.15, 0.2) is 8.07 Å². The molecular weight excluding hydrogens is 550 g/mol. The predicted octanol–water partition coefficient (Wildman–Crippen LogP) is 7.05. The molecule has 42 heavy (non-hydrogen) atoms. The van der Waals surface area contributed by atoms with Crippen LogP contribution in [-0.4, -0.2) is 8.07 Å². The average molecular weight is 572 g/mol. The third-order valence-corrected chi connectivity index (χ3v) is 13.5. The van der Waals surface area contributed by atoms with E-state index in [1.807, 2.05) is 24.3 Å². The zero-order valence-corrected chi connectivity index (χ0v) is 23.1. The van der Waals surface area contributed by atoms with Crippen molar-refractivity contribution in [2.24, 2.45) is 0 Å². The summed E-state index contributed by atoms with van der Waals surface area (Å²) in [5, 5.41) is 4.86. The summed E-state index contributed by atoms with van der Waals surface area (Å²) < 4.78 is 58.9. The van der Waals surface area contributed by atoms with E-state index in [1.165, 1.54) is 49.8 Å². The first-order valence-electron chi connectivity index (χ1n) is 13.6. The molecule has 2 heterocycles. The van der Waals surface area contributed by atoms with Crippen molar-refractivity contribution in [3.05, 3.63) is 151 Å². The predicted molar refractivity (Wildman–Crippen MR) is 163 cm³/mol. The zero-order valence-electron chi connectivity index (χ0n) is 22.1. The van der Waals surface area contributed by atoms with Gasteiger partial charge in [-0.3, -0.25) is 0 Å². The lowest BCUT2D eigenvalue weighted by molar-refractivity contribution is 0.579. The Morgan fingerprint density at radius 3 is 1.60 bits per heavy atom. The first-order valence-corrected chi connectivity index (χ1v) is 15.6. The fourth-order valence-electron chi connectivity index (χ4n) is 7.05. The molecular formula is C36H21F4NSi. The number of halogens is 4. The van der Waals surface area contributed by atoms with Crippen LogP contribution < -0.4 is 25.6 Å². The Bertz CT molecular complexity index is 2010. The second kappa shape index (κ2) is 9.03. The minimum atomic E-state index is -2.80. The van der Waals surface area contributed by atoms with Gasteiger partial charge in [-0.15, -0.1) is 0 Å². The third kappa shape index (κ3) is 3.30. The number of fused-ring (bicyclic) bond motifs is 10. The van der Waals surface area contributed by atoms with Crippen LogP contribution in [0.2, 0.25) is 0 Å². The van der Waals surface area contributed by atoms with Crippen LogP contribution in [0.15, 0.2) is 127 Å². The first-order chi connectivity index (χ1) is 20.5. The number of benzene rings is 6. The number of rotatable bonds is 3. The molecule has 2 aliphatic rings. The maximum absolute atomic E-state index is 15.5. The van der Waals surface area contributed by atoms with Crippen molar-refractivity contribution in [2.75, 3.05) is 4.90 Å². The number of anilines is 3. The molecule has 0 unspecified atom stereocenters. The van der Waals surface area contributed by atoms with Crippen LogP contribution in [0.4, 0.5) is 34.6 Å². The minimum Gasteiger partial charge on any atom is -0.307 e. The lowest BCUT2D eigenvalue weighted by atomic mass is 10.0. The highest BCUT2D eigenvalue weighted by molar-refractivity contribution is 7.24. The molecule has 0 bridgehead atoms. The molecule has 2 aliphatic heterocycles. The lowest BCUT2D eigenvalue weighted by Gasteiger charge is -2.30. The van der Waals surface area contributed by atoms with Crippen molar-refractivity contribution < 1.29 is 17.6 Å². The topological polar surface area (TPSA) is 3.24 Å². The van der Waals surface area contributed by atoms with Gasteiger partial charge in [-0.2, -0.15) is 0 Å². The summed E-state index contributed by atoms with van der Waals surface area (Å²) in [5.74, 6) is -3.17. The van der Waals surface area contributed by atoms with Crippen LogP contribution in [-0.2, 0) is 0 Å². The van der Waals surface area contributed by atoms with Crippen LogP contribution in [0.5, 0.6) is 0 Å². The van der Waals surface area contributed by atoms with E-state index in [9.17, 15) is 13.2 Å². The van der Waals surface area contributed by atoms with Crippen molar-refractivity contribution in [1.82, 2.24) is 0 Å². The fourth-order valence-corrected chi connectivity index (χ4v) is 12.7. The Morgan fingerprint density at radius 2 is 0.976 bits per heavy atom. The summed E-state index contributed by atoms with van der Waals surface area (Å²) in [4.78, 5) is 1.50. The van der Waals surface area contributed by atoms with Crippen molar-refractivity contribution in [3.63, 3.8) is 0 Å². The number of hydrogen-bond acceptors (Lipinski definition) is 1. The molecule has 6 aromatic rings. The highest BCUT2D eigenvalue weighted by Crippen LogP contribution is 2.45. The van der Waals surface area contributed by atoms with Crippen molar-refractivity contribution in [1.29, 1.82) is 0 Å². The maximum atomic E-state index is 15.5. The summed E-state index contributed by atoms with van der Waals surface area (Å²) in [6.07, 6.45) is 0. The van der Waals surface area contributed by atoms with Gasteiger partial charge in [-0.25, -0.2) is 17.6 Å². The first kappa shape index (κ1) is 24.8. The largest absolute Gasteiger partial charge is 0.307 e. The van der Waals surface area contributed by atoms with Crippen LogP contribution >= 0.6 is 0 Å². The molecule has 202 valence electrons. The Morgan fingerprint density at radius 1 is 0.429 bits per heavy atom. The number of hydrogen-bond donors (Lipinski definition) is 0. The van der Waals surface area contributed by atoms with E-state index in [0.717, 1.165) is 34.5 Å². The van der Waals surface area contributed by atoms with Gasteiger partial charge in [0.1, 0.15) is 23.3 Å². The Labute approximate surface area is 241 Å². The quantitative estimate of drug-likeness (QED) is 0.162. The van der Waals surface area contributed by atoms with E-state index in [-0.39, 0.29) is 11.4 Å². The van der Waals surface area contributed by atoms with Crippen LogP contribution in [0.3, 0.4) is 0 Å². The molecule has 0 amide bonds. The van der Waals surface area contributed by atoms with Crippen molar-refractivity contribution in [3.8, 4) is 22.3 Å². The molecule has 0 aromatic heterocycles. The fraction of sp³-hybridized carbons (Fsp3) is 0. The SMILES string of the molecule is Fc1cc(F)cc(N(c2ccc(F)cc2F)c2cccc3c2-c2ccccc2[Si]32c3ccccc3-c3ccccc32)c1. The average Bonchev–Trinajstić information content (AvgIpc) is 3.46. The molecule has 8 rings (SSSR count). The molecule has 0 radical (unpaired) electrons. The van der Waals surface area contributed by atoms with Gasteiger partial charge in [0.2, 0.25) is 0 Å². The summed E-state index contributed by atoms with van der Waals surface area (Å²) in [7, 11) is -2.80. The van der Waals surface area contributed by atoms with Gasteiger partial charge in [0.25, 0.3) is 0 Å². The summed E-state index contributed by atoms with van der Waals surface area (Å²) in [6.45, 7) is 0. The van der Waals surface area contributed by atoms with Gasteiger partial charge in [0, 0.05) is 17.7 Å². The molecule has 6 heteroatoms. The maximum Gasteiger partial charge on any atom is 0.182 e. The van der Waals surface area contributed by atoms with E-state index < -0.39 is 31.3 Å². The molecule has 0 saturated carbocycles. The van der Waals surface area contributed by atoms with E-state index in [1.54, 1.807) is 0 Å². The lowest BCUT2D eigenvalue weighted by Crippen LogP contribution is -2.70. The molecule has 1 spiro atoms. The van der Waals surface area contributed by atoms with Gasteiger partial charge in [0.05, 0.1) is 17.1 Å². The highest BCUT2D eigenvalue weighted by atomic mass is 28.3. The second-order valence-electron chi connectivity index (χ2n) is 10.6. The van der Waals surface area contributed by atoms with E-state index >= 15 is 4.39 Å². The summed E-state index contributed by atoms with van der Waals surface area (Å²) in [5.41, 5.74) is 4.90. The molecule has 0 N–H and O–H groups in total. The van der Waals surface area contributed by atoms with Crippen LogP contribution in [0.25, 0.3) is 22.3 Å². The van der Waals surface area contributed by atoms with E-state index in [0.29, 0.717) is 5.69 Å². The van der Waals surface area contributed by atoms with Crippen LogP contribution in [0.1, 0.15) is 0 Å². The highest BCUT2D eigenvalue weighted by Gasteiger charge is 2.54. The van der Waals surface area contributed by atoms with E-state index in [2.05, 4.69) is 66.7 Å². The van der Waals surface area contributed by atoms with Crippen LogP contribution in [0, 0.1) is 23.3 Å².